The van der Waals surface area contributed by atoms with Gasteiger partial charge < -0.3 is 19.3 Å². The molecule has 2 saturated heterocycles. The molecule has 0 N–H and O–H groups in total. The average molecular weight is 347 g/mol. The van der Waals surface area contributed by atoms with Crippen molar-refractivity contribution in [3.8, 4) is 0 Å². The Bertz CT molecular complexity index is 616. The second kappa shape index (κ2) is 8.29. The molecule has 1 aromatic heterocycles. The summed E-state index contributed by atoms with van der Waals surface area (Å²) in [4.78, 5) is 33.4. The molecular weight excluding hydrogens is 322 g/mol. The largest absolute Gasteiger partial charge is 0.466 e. The van der Waals surface area contributed by atoms with E-state index in [1.165, 1.54) is 0 Å². The average Bonchev–Trinajstić information content (AvgIpc) is 2.68. The summed E-state index contributed by atoms with van der Waals surface area (Å²) in [5, 5.41) is 0. The number of esters is 1. The Balaban J connectivity index is 1.75. The molecule has 0 spiro atoms. The summed E-state index contributed by atoms with van der Waals surface area (Å²) in [7, 11) is 0. The maximum Gasteiger partial charge on any atom is 0.310 e. The lowest BCUT2D eigenvalue weighted by Crippen LogP contribution is -2.44. The van der Waals surface area contributed by atoms with Crippen LogP contribution in [0.2, 0.25) is 0 Å². The van der Waals surface area contributed by atoms with Gasteiger partial charge in [0.1, 0.15) is 5.82 Å². The van der Waals surface area contributed by atoms with Crippen molar-refractivity contribution in [3.05, 3.63) is 23.9 Å². The summed E-state index contributed by atoms with van der Waals surface area (Å²) < 4.78 is 10.5. The van der Waals surface area contributed by atoms with Gasteiger partial charge in [-0.2, -0.15) is 0 Å². The lowest BCUT2D eigenvalue weighted by atomic mass is 9.97. The van der Waals surface area contributed by atoms with Crippen LogP contribution in [0.5, 0.6) is 0 Å². The standard InChI is InChI=1S/C18H25N3O4/c1-2-25-18(23)14-5-4-8-21(13-14)17(22)15-6-3-7-19-16(15)20-9-11-24-12-10-20/h3,6-7,14H,2,4-5,8-13H2,1H3. The third-order valence-corrected chi connectivity index (χ3v) is 4.66. The maximum atomic E-state index is 13.1. The molecule has 3 heterocycles. The molecule has 2 aliphatic heterocycles. The van der Waals surface area contributed by atoms with Gasteiger partial charge in [-0.1, -0.05) is 0 Å². The predicted octanol–water partition coefficient (Wildman–Crippen LogP) is 1.33. The molecular formula is C18H25N3O4. The first kappa shape index (κ1) is 17.7. The van der Waals surface area contributed by atoms with Crippen molar-refractivity contribution < 1.29 is 19.1 Å². The van der Waals surface area contributed by atoms with E-state index >= 15 is 0 Å². The van der Waals surface area contributed by atoms with Crippen LogP contribution in [0.4, 0.5) is 5.82 Å². The summed E-state index contributed by atoms with van der Waals surface area (Å²) in [6.45, 7) is 5.96. The molecule has 0 aliphatic carbocycles. The number of carbonyl (C=O) groups is 2. The van der Waals surface area contributed by atoms with Crippen LogP contribution in [0.25, 0.3) is 0 Å². The van der Waals surface area contributed by atoms with Crippen molar-refractivity contribution in [2.45, 2.75) is 19.8 Å². The summed E-state index contributed by atoms with van der Waals surface area (Å²) in [5.41, 5.74) is 0.592. The van der Waals surface area contributed by atoms with Crippen molar-refractivity contribution in [1.29, 1.82) is 0 Å². The SMILES string of the molecule is CCOC(=O)C1CCCN(C(=O)c2cccnc2N2CCOCC2)C1. The molecule has 0 aromatic carbocycles. The summed E-state index contributed by atoms with van der Waals surface area (Å²) in [5.74, 6) is 0.193. The van der Waals surface area contributed by atoms with Gasteiger partial charge in [-0.3, -0.25) is 9.59 Å². The minimum Gasteiger partial charge on any atom is -0.466 e. The number of morpholine rings is 1. The number of pyridine rings is 1. The fraction of sp³-hybridized carbons (Fsp3) is 0.611. The van der Waals surface area contributed by atoms with Gasteiger partial charge in [0.05, 0.1) is 31.3 Å². The number of carbonyl (C=O) groups excluding carboxylic acids is 2. The van der Waals surface area contributed by atoms with Gasteiger partial charge in [-0.25, -0.2) is 4.98 Å². The fourth-order valence-corrected chi connectivity index (χ4v) is 3.38. The molecule has 1 atom stereocenters. The lowest BCUT2D eigenvalue weighted by molar-refractivity contribution is -0.149. The minimum absolute atomic E-state index is 0.0661. The molecule has 2 aliphatic rings. The number of anilines is 1. The second-order valence-electron chi connectivity index (χ2n) is 6.32. The maximum absolute atomic E-state index is 13.1. The van der Waals surface area contributed by atoms with Gasteiger partial charge in [0.15, 0.2) is 0 Å². The normalized spacial score (nSPS) is 21.1. The molecule has 1 unspecified atom stereocenters. The number of nitrogens with zero attached hydrogens (tertiary/aromatic N) is 3. The Hall–Kier alpha value is -2.15. The van der Waals surface area contributed by atoms with Crippen LogP contribution in [-0.2, 0) is 14.3 Å². The second-order valence-corrected chi connectivity index (χ2v) is 6.32. The summed E-state index contributed by atoms with van der Waals surface area (Å²) >= 11 is 0. The molecule has 25 heavy (non-hydrogen) atoms. The van der Waals surface area contributed by atoms with E-state index in [4.69, 9.17) is 9.47 Å². The van der Waals surface area contributed by atoms with Crippen LogP contribution in [-0.4, -0.2) is 67.8 Å². The summed E-state index contributed by atoms with van der Waals surface area (Å²) in [6.07, 6.45) is 3.29. The van der Waals surface area contributed by atoms with Gasteiger partial charge in [-0.15, -0.1) is 0 Å². The molecule has 0 bridgehead atoms. The van der Waals surface area contributed by atoms with Gasteiger partial charge in [0, 0.05) is 32.4 Å². The Morgan fingerprint density at radius 1 is 1.32 bits per heavy atom. The Morgan fingerprint density at radius 2 is 2.12 bits per heavy atom. The molecule has 7 heteroatoms. The predicted molar refractivity (Wildman–Crippen MR) is 92.5 cm³/mol. The molecule has 2 fully saturated rings. The van der Waals surface area contributed by atoms with Crippen molar-refractivity contribution in [2.75, 3.05) is 50.9 Å². The van der Waals surface area contributed by atoms with E-state index in [1.807, 2.05) is 6.07 Å². The molecule has 136 valence electrons. The molecule has 1 aromatic rings. The van der Waals surface area contributed by atoms with Crippen LogP contribution >= 0.6 is 0 Å². The Kier molecular flexibility index (Phi) is 5.86. The van der Waals surface area contributed by atoms with E-state index in [9.17, 15) is 9.59 Å². The van der Waals surface area contributed by atoms with Crippen molar-refractivity contribution in [1.82, 2.24) is 9.88 Å². The van der Waals surface area contributed by atoms with E-state index in [0.29, 0.717) is 44.3 Å². The number of likely N-dealkylation sites (tertiary alicyclic amines) is 1. The third-order valence-electron chi connectivity index (χ3n) is 4.66. The number of rotatable bonds is 4. The number of ether oxygens (including phenoxy) is 2. The number of aromatic nitrogens is 1. The first-order valence-corrected chi connectivity index (χ1v) is 8.94. The number of hydrogen-bond acceptors (Lipinski definition) is 6. The number of amides is 1. The van der Waals surface area contributed by atoms with Crippen molar-refractivity contribution in [2.24, 2.45) is 5.92 Å². The first-order chi connectivity index (χ1) is 12.2. The fourth-order valence-electron chi connectivity index (χ4n) is 3.38. The molecule has 1 amide bonds. The summed E-state index contributed by atoms with van der Waals surface area (Å²) in [6, 6.07) is 3.60. The van der Waals surface area contributed by atoms with Crippen LogP contribution < -0.4 is 4.90 Å². The Morgan fingerprint density at radius 3 is 2.88 bits per heavy atom. The van der Waals surface area contributed by atoms with E-state index in [2.05, 4.69) is 9.88 Å². The number of hydrogen-bond donors (Lipinski definition) is 0. The molecule has 0 radical (unpaired) electrons. The highest BCUT2D eigenvalue weighted by atomic mass is 16.5. The van der Waals surface area contributed by atoms with E-state index < -0.39 is 0 Å². The molecule has 7 nitrogen and oxygen atoms in total. The monoisotopic (exact) mass is 347 g/mol. The van der Waals surface area contributed by atoms with Crippen LogP contribution in [0.15, 0.2) is 18.3 Å². The van der Waals surface area contributed by atoms with Crippen molar-refractivity contribution >= 4 is 17.7 Å². The highest BCUT2D eigenvalue weighted by molar-refractivity contribution is 5.99. The van der Waals surface area contributed by atoms with E-state index in [-0.39, 0.29) is 17.8 Å². The third kappa shape index (κ3) is 4.10. The van der Waals surface area contributed by atoms with Gasteiger partial charge in [0.2, 0.25) is 0 Å². The lowest BCUT2D eigenvalue weighted by Gasteiger charge is -2.33. The minimum atomic E-state index is -0.235. The van der Waals surface area contributed by atoms with Crippen LogP contribution in [0.1, 0.15) is 30.1 Å². The Labute approximate surface area is 147 Å². The zero-order chi connectivity index (χ0) is 17.6. The first-order valence-electron chi connectivity index (χ1n) is 8.94. The number of piperidine rings is 1. The van der Waals surface area contributed by atoms with Crippen LogP contribution in [0.3, 0.4) is 0 Å². The molecule has 0 saturated carbocycles. The van der Waals surface area contributed by atoms with Crippen LogP contribution in [0, 0.1) is 5.92 Å². The van der Waals surface area contributed by atoms with Gasteiger partial charge in [0.25, 0.3) is 5.91 Å². The highest BCUT2D eigenvalue weighted by Crippen LogP contribution is 2.24. The van der Waals surface area contributed by atoms with Gasteiger partial charge >= 0.3 is 5.97 Å². The van der Waals surface area contributed by atoms with Crippen molar-refractivity contribution in [3.63, 3.8) is 0 Å². The zero-order valence-corrected chi connectivity index (χ0v) is 14.6. The quantitative estimate of drug-likeness (QED) is 0.765. The van der Waals surface area contributed by atoms with E-state index in [1.54, 1.807) is 24.1 Å². The topological polar surface area (TPSA) is 72.0 Å². The molecule has 3 rings (SSSR count). The zero-order valence-electron chi connectivity index (χ0n) is 14.6. The highest BCUT2D eigenvalue weighted by Gasteiger charge is 2.31. The van der Waals surface area contributed by atoms with Gasteiger partial charge in [-0.05, 0) is 31.9 Å². The smallest absolute Gasteiger partial charge is 0.310 e. The van der Waals surface area contributed by atoms with E-state index in [0.717, 1.165) is 25.9 Å².